The van der Waals surface area contributed by atoms with Gasteiger partial charge in [-0.2, -0.15) is 18.4 Å². The van der Waals surface area contributed by atoms with Crippen LogP contribution in [0.5, 0.6) is 0 Å². The van der Waals surface area contributed by atoms with Crippen LogP contribution in [0.25, 0.3) is 23.0 Å². The Morgan fingerprint density at radius 1 is 1.04 bits per heavy atom. The highest BCUT2D eigenvalue weighted by Gasteiger charge is 2.30. The normalized spacial score (nSPS) is 12.0. The Balaban J connectivity index is 1.94. The molecular weight excluding hydrogens is 363 g/mol. The molecule has 0 aliphatic carbocycles. The monoisotopic (exact) mass is 373 g/mol. The Morgan fingerprint density at radius 3 is 2.50 bits per heavy atom. The van der Waals surface area contributed by atoms with Gasteiger partial charge in [-0.1, -0.05) is 35.9 Å². The molecule has 6 heteroatoms. The molecule has 0 unspecified atom stereocenters. The fourth-order valence-corrected chi connectivity index (χ4v) is 2.60. The van der Waals surface area contributed by atoms with Crippen LogP contribution in [-0.4, -0.2) is 0 Å². The second-order valence-electron chi connectivity index (χ2n) is 5.46. The summed E-state index contributed by atoms with van der Waals surface area (Å²) in [4.78, 5) is 0. The van der Waals surface area contributed by atoms with Crippen molar-refractivity contribution < 1.29 is 17.6 Å². The molecular formula is C20H11ClF3NO. The molecule has 130 valence electrons. The average Bonchev–Trinajstić information content (AvgIpc) is 3.08. The van der Waals surface area contributed by atoms with Crippen molar-refractivity contribution in [2.45, 2.75) is 6.18 Å². The van der Waals surface area contributed by atoms with Crippen LogP contribution < -0.4 is 0 Å². The van der Waals surface area contributed by atoms with Gasteiger partial charge in [0.05, 0.1) is 17.2 Å². The summed E-state index contributed by atoms with van der Waals surface area (Å²) in [5, 5.41) is 9.85. The topological polar surface area (TPSA) is 36.9 Å². The van der Waals surface area contributed by atoms with Crippen molar-refractivity contribution in [3.05, 3.63) is 82.6 Å². The van der Waals surface area contributed by atoms with Crippen molar-refractivity contribution in [2.75, 3.05) is 0 Å². The molecule has 0 amide bonds. The van der Waals surface area contributed by atoms with Crippen LogP contribution in [0.4, 0.5) is 13.2 Å². The van der Waals surface area contributed by atoms with Crippen LogP contribution in [0, 0.1) is 11.3 Å². The number of hydrogen-bond acceptors (Lipinski definition) is 2. The van der Waals surface area contributed by atoms with Crippen LogP contribution >= 0.6 is 11.6 Å². The highest BCUT2D eigenvalue weighted by atomic mass is 35.5. The molecule has 1 heterocycles. The van der Waals surface area contributed by atoms with Crippen molar-refractivity contribution in [1.29, 1.82) is 5.26 Å². The summed E-state index contributed by atoms with van der Waals surface area (Å²) in [5.41, 5.74) is 0.510. The molecule has 0 aliphatic rings. The van der Waals surface area contributed by atoms with E-state index in [1.165, 1.54) is 18.2 Å². The van der Waals surface area contributed by atoms with Gasteiger partial charge in [-0.25, -0.2) is 0 Å². The zero-order valence-electron chi connectivity index (χ0n) is 13.2. The van der Waals surface area contributed by atoms with E-state index in [-0.39, 0.29) is 5.76 Å². The van der Waals surface area contributed by atoms with E-state index >= 15 is 0 Å². The van der Waals surface area contributed by atoms with Gasteiger partial charge in [0, 0.05) is 10.6 Å². The Morgan fingerprint density at radius 2 is 1.81 bits per heavy atom. The molecule has 2 aromatic carbocycles. The van der Waals surface area contributed by atoms with E-state index in [0.717, 1.165) is 12.1 Å². The second-order valence-corrected chi connectivity index (χ2v) is 5.90. The molecule has 2 nitrogen and oxygen atoms in total. The van der Waals surface area contributed by atoms with Crippen molar-refractivity contribution in [1.82, 2.24) is 0 Å². The highest BCUT2D eigenvalue weighted by molar-refractivity contribution is 6.30. The Labute approximate surface area is 152 Å². The van der Waals surface area contributed by atoms with Crippen molar-refractivity contribution >= 4 is 23.3 Å². The van der Waals surface area contributed by atoms with E-state index in [9.17, 15) is 18.4 Å². The molecule has 0 N–H and O–H groups in total. The second kappa shape index (κ2) is 7.11. The maximum absolute atomic E-state index is 12.8. The maximum atomic E-state index is 12.8. The van der Waals surface area contributed by atoms with Crippen LogP contribution in [0.3, 0.4) is 0 Å². The number of alkyl halides is 3. The third-order valence-electron chi connectivity index (χ3n) is 3.64. The first-order valence-electron chi connectivity index (χ1n) is 7.52. The van der Waals surface area contributed by atoms with Gasteiger partial charge < -0.3 is 4.42 Å². The van der Waals surface area contributed by atoms with Gasteiger partial charge in [-0.05, 0) is 48.0 Å². The third kappa shape index (κ3) is 3.98. The smallest absolute Gasteiger partial charge is 0.416 e. The first-order chi connectivity index (χ1) is 12.4. The van der Waals surface area contributed by atoms with E-state index < -0.39 is 11.7 Å². The minimum atomic E-state index is -4.42. The zero-order valence-corrected chi connectivity index (χ0v) is 14.0. The fourth-order valence-electron chi connectivity index (χ4n) is 2.41. The zero-order chi connectivity index (χ0) is 18.7. The van der Waals surface area contributed by atoms with E-state index in [0.29, 0.717) is 27.5 Å². The number of benzene rings is 2. The van der Waals surface area contributed by atoms with E-state index in [1.807, 2.05) is 0 Å². The van der Waals surface area contributed by atoms with Gasteiger partial charge in [0.15, 0.2) is 0 Å². The number of halogens is 4. The van der Waals surface area contributed by atoms with Crippen molar-refractivity contribution in [3.63, 3.8) is 0 Å². The molecule has 0 spiro atoms. The highest BCUT2D eigenvalue weighted by Crippen LogP contribution is 2.33. The van der Waals surface area contributed by atoms with Crippen LogP contribution in [0.15, 0.2) is 65.1 Å². The van der Waals surface area contributed by atoms with Crippen LogP contribution in [-0.2, 0) is 6.18 Å². The van der Waals surface area contributed by atoms with Gasteiger partial charge in [-0.15, -0.1) is 0 Å². The summed E-state index contributed by atoms with van der Waals surface area (Å²) in [5.74, 6) is 0.639. The summed E-state index contributed by atoms with van der Waals surface area (Å²) in [6, 6.07) is 16.9. The lowest BCUT2D eigenvalue weighted by molar-refractivity contribution is -0.137. The standard InChI is InChI=1S/C20H11ClF3NO/c21-17-6-2-3-13(10-17)15(12-25)11-18-7-8-19(26-18)14-4-1-5-16(9-14)20(22,23)24/h1-11H/b15-11-. The summed E-state index contributed by atoms with van der Waals surface area (Å²) in [6.45, 7) is 0. The van der Waals surface area contributed by atoms with E-state index in [1.54, 1.807) is 36.4 Å². The lowest BCUT2D eigenvalue weighted by Gasteiger charge is -2.07. The molecule has 3 aromatic rings. The maximum Gasteiger partial charge on any atom is 0.416 e. The molecule has 0 aliphatic heterocycles. The van der Waals surface area contributed by atoms with E-state index in [2.05, 4.69) is 6.07 Å². The van der Waals surface area contributed by atoms with Crippen LogP contribution in [0.2, 0.25) is 5.02 Å². The molecule has 1 aromatic heterocycles. The molecule has 0 atom stereocenters. The molecule has 3 rings (SSSR count). The molecule has 0 saturated carbocycles. The average molecular weight is 374 g/mol. The predicted octanol–water partition coefficient (Wildman–Crippen LogP) is 6.68. The SMILES string of the molecule is N#C/C(=C/c1ccc(-c2cccc(C(F)(F)F)c2)o1)c1cccc(Cl)c1. The summed E-state index contributed by atoms with van der Waals surface area (Å²) < 4.78 is 44.1. The quantitative estimate of drug-likeness (QED) is 0.480. The molecule has 0 bridgehead atoms. The van der Waals surface area contributed by atoms with Gasteiger partial charge in [0.2, 0.25) is 0 Å². The summed E-state index contributed by atoms with van der Waals surface area (Å²) >= 11 is 5.93. The lowest BCUT2D eigenvalue weighted by atomic mass is 10.1. The van der Waals surface area contributed by atoms with Gasteiger partial charge in [-0.3, -0.25) is 0 Å². The van der Waals surface area contributed by atoms with Gasteiger partial charge >= 0.3 is 6.18 Å². The fraction of sp³-hybridized carbons (Fsp3) is 0.0500. The van der Waals surface area contributed by atoms with Gasteiger partial charge in [0.25, 0.3) is 0 Å². The summed E-state index contributed by atoms with van der Waals surface area (Å²) in [7, 11) is 0. The summed E-state index contributed by atoms with van der Waals surface area (Å²) in [6.07, 6.45) is -2.91. The number of rotatable bonds is 3. The minimum Gasteiger partial charge on any atom is -0.457 e. The molecule has 0 fully saturated rings. The number of nitriles is 1. The number of nitrogens with zero attached hydrogens (tertiary/aromatic N) is 1. The van der Waals surface area contributed by atoms with Crippen molar-refractivity contribution in [3.8, 4) is 17.4 Å². The Kier molecular flexibility index (Phi) is 4.88. The van der Waals surface area contributed by atoms with E-state index in [4.69, 9.17) is 16.0 Å². The van der Waals surface area contributed by atoms with Crippen LogP contribution in [0.1, 0.15) is 16.9 Å². The molecule has 0 saturated heterocycles. The number of hydrogen-bond donors (Lipinski definition) is 0. The lowest BCUT2D eigenvalue weighted by Crippen LogP contribution is -2.04. The Bertz CT molecular complexity index is 1010. The molecule has 26 heavy (non-hydrogen) atoms. The minimum absolute atomic E-state index is 0.283. The van der Waals surface area contributed by atoms with Crippen molar-refractivity contribution in [2.24, 2.45) is 0 Å². The molecule has 0 radical (unpaired) electrons. The third-order valence-corrected chi connectivity index (χ3v) is 3.88. The number of allylic oxidation sites excluding steroid dienone is 1. The first-order valence-corrected chi connectivity index (χ1v) is 7.90. The first kappa shape index (κ1) is 17.8. The predicted molar refractivity (Wildman–Crippen MR) is 94.1 cm³/mol. The number of furan rings is 1. The largest absolute Gasteiger partial charge is 0.457 e. The Hall–Kier alpha value is -2.97. The van der Waals surface area contributed by atoms with Gasteiger partial charge in [0.1, 0.15) is 11.5 Å².